The molecule has 9 heteroatoms. The first kappa shape index (κ1) is 8.99. The second-order valence-corrected chi connectivity index (χ2v) is 2.68. The number of carboxylic acid groups (broad SMARTS) is 1. The van der Waals surface area contributed by atoms with Gasteiger partial charge in [-0.05, 0) is 0 Å². The summed E-state index contributed by atoms with van der Waals surface area (Å²) in [6, 6.07) is 0. The van der Waals surface area contributed by atoms with Gasteiger partial charge in [-0.25, -0.2) is 14.4 Å². The Hall–Kier alpha value is -2.58. The number of nitrogens with zero attached hydrogens (tertiary/aromatic N) is 1. The molecule has 0 aromatic carbocycles. The second kappa shape index (κ2) is 2.70. The molecule has 2 rings (SSSR count). The lowest BCUT2D eigenvalue weighted by atomic mass is 10.5. The van der Waals surface area contributed by atoms with Crippen molar-refractivity contribution in [1.82, 2.24) is 19.5 Å². The maximum atomic E-state index is 11.4. The summed E-state index contributed by atoms with van der Waals surface area (Å²) in [6.45, 7) is 0. The van der Waals surface area contributed by atoms with Crippen molar-refractivity contribution in [3.05, 3.63) is 31.3 Å². The van der Waals surface area contributed by atoms with Crippen molar-refractivity contribution >= 4 is 17.3 Å². The Morgan fingerprint density at radius 3 is 2.40 bits per heavy atom. The first-order valence-electron chi connectivity index (χ1n) is 3.71. The highest BCUT2D eigenvalue weighted by atomic mass is 16.4. The molecule has 0 bridgehead atoms. The molecule has 4 N–H and O–H groups in total. The van der Waals surface area contributed by atoms with Crippen LogP contribution in [0.4, 0.5) is 4.79 Å². The monoisotopic (exact) mass is 212 g/mol. The number of nitrogens with one attached hydrogen (secondary N) is 3. The lowest BCUT2D eigenvalue weighted by Crippen LogP contribution is -2.39. The van der Waals surface area contributed by atoms with Gasteiger partial charge in [0.05, 0.1) is 0 Å². The number of aromatic amines is 3. The van der Waals surface area contributed by atoms with Gasteiger partial charge in [0.15, 0.2) is 5.52 Å². The lowest BCUT2D eigenvalue weighted by molar-refractivity contribution is 0.194. The van der Waals surface area contributed by atoms with Crippen LogP contribution in [0, 0.1) is 0 Å². The van der Waals surface area contributed by atoms with Crippen molar-refractivity contribution in [2.24, 2.45) is 0 Å². The quantitative estimate of drug-likeness (QED) is 0.409. The Morgan fingerprint density at radius 2 is 1.80 bits per heavy atom. The van der Waals surface area contributed by atoms with Crippen LogP contribution >= 0.6 is 0 Å². The minimum atomic E-state index is -1.72. The molecular weight excluding hydrogens is 208 g/mol. The van der Waals surface area contributed by atoms with Gasteiger partial charge in [-0.2, -0.15) is 4.57 Å². The zero-order valence-electron chi connectivity index (χ0n) is 7.03. The topological polar surface area (TPSA) is 141 Å². The molecule has 2 aromatic heterocycles. The van der Waals surface area contributed by atoms with Crippen molar-refractivity contribution in [3.63, 3.8) is 0 Å². The van der Waals surface area contributed by atoms with Gasteiger partial charge < -0.3 is 5.11 Å². The van der Waals surface area contributed by atoms with E-state index in [1.165, 1.54) is 0 Å². The standard InChI is InChI=1S/C6H4N4O5/c11-3-1-2(8-4(12)7-1)9-5(13)10(3)6(14)15/h(H,9,13)(H,14,15)(H2,7,8,12). The highest BCUT2D eigenvalue weighted by Crippen LogP contribution is 1.91. The van der Waals surface area contributed by atoms with E-state index in [9.17, 15) is 19.2 Å². The molecule has 15 heavy (non-hydrogen) atoms. The third-order valence-corrected chi connectivity index (χ3v) is 1.77. The molecule has 78 valence electrons. The molecular formula is C6H4N4O5. The van der Waals surface area contributed by atoms with Gasteiger partial charge in [0.25, 0.3) is 5.56 Å². The van der Waals surface area contributed by atoms with E-state index >= 15 is 0 Å². The van der Waals surface area contributed by atoms with Gasteiger partial charge >= 0.3 is 17.5 Å². The second-order valence-electron chi connectivity index (χ2n) is 2.68. The molecule has 0 saturated carbocycles. The average Bonchev–Trinajstić information content (AvgIpc) is 2.45. The maximum absolute atomic E-state index is 11.4. The summed E-state index contributed by atoms with van der Waals surface area (Å²) in [6.07, 6.45) is -1.72. The smallest absolute Gasteiger partial charge is 0.422 e. The van der Waals surface area contributed by atoms with Crippen LogP contribution in [0.25, 0.3) is 11.2 Å². The molecule has 0 radical (unpaired) electrons. The lowest BCUT2D eigenvalue weighted by Gasteiger charge is -1.95. The summed E-state index contributed by atoms with van der Waals surface area (Å²) in [4.78, 5) is 50.1. The number of rotatable bonds is 0. The molecule has 0 fully saturated rings. The van der Waals surface area contributed by atoms with Crippen molar-refractivity contribution in [2.75, 3.05) is 0 Å². The van der Waals surface area contributed by atoms with Crippen LogP contribution in [0.2, 0.25) is 0 Å². The summed E-state index contributed by atoms with van der Waals surface area (Å²) in [5.41, 5.74) is -3.36. The van der Waals surface area contributed by atoms with Crippen LogP contribution in [-0.2, 0) is 0 Å². The number of fused-ring (bicyclic) bond motifs is 1. The molecule has 2 aromatic rings. The Bertz CT molecular complexity index is 713. The number of hydrogen-bond donors (Lipinski definition) is 4. The van der Waals surface area contributed by atoms with Crippen LogP contribution in [0.1, 0.15) is 0 Å². The van der Waals surface area contributed by atoms with E-state index in [1.54, 1.807) is 0 Å². The zero-order chi connectivity index (χ0) is 11.2. The summed E-state index contributed by atoms with van der Waals surface area (Å²) in [5, 5.41) is 8.55. The van der Waals surface area contributed by atoms with Crippen LogP contribution in [0.15, 0.2) is 14.4 Å². The van der Waals surface area contributed by atoms with Crippen molar-refractivity contribution in [1.29, 1.82) is 0 Å². The molecule has 0 saturated heterocycles. The Labute approximate surface area is 79.0 Å². The SMILES string of the molecule is O=C(O)n1c(=O)[nH]c2[nH]c(=O)[nH]c2c1=O. The van der Waals surface area contributed by atoms with Crippen LogP contribution in [0.3, 0.4) is 0 Å². The molecule has 0 aliphatic rings. The minimum Gasteiger partial charge on any atom is -0.464 e. The number of aromatic nitrogens is 4. The van der Waals surface area contributed by atoms with E-state index in [1.807, 2.05) is 4.98 Å². The summed E-state index contributed by atoms with van der Waals surface area (Å²) >= 11 is 0. The van der Waals surface area contributed by atoms with E-state index in [0.717, 1.165) is 0 Å². The van der Waals surface area contributed by atoms with Gasteiger partial charge in [0.2, 0.25) is 0 Å². The van der Waals surface area contributed by atoms with Crippen molar-refractivity contribution in [2.45, 2.75) is 0 Å². The van der Waals surface area contributed by atoms with Crippen molar-refractivity contribution in [3.8, 4) is 0 Å². The molecule has 0 aliphatic carbocycles. The number of hydrogen-bond acceptors (Lipinski definition) is 4. The largest absolute Gasteiger partial charge is 0.464 e. The van der Waals surface area contributed by atoms with E-state index in [-0.39, 0.29) is 15.7 Å². The molecule has 9 nitrogen and oxygen atoms in total. The fourth-order valence-electron chi connectivity index (χ4n) is 1.18. The highest BCUT2D eigenvalue weighted by Gasteiger charge is 2.14. The minimum absolute atomic E-state index is 0.0356. The molecule has 0 aliphatic heterocycles. The van der Waals surface area contributed by atoms with E-state index < -0.39 is 23.0 Å². The normalized spacial score (nSPS) is 10.7. The fourth-order valence-corrected chi connectivity index (χ4v) is 1.18. The van der Waals surface area contributed by atoms with Gasteiger partial charge in [-0.15, -0.1) is 0 Å². The van der Waals surface area contributed by atoms with Crippen molar-refractivity contribution < 1.29 is 9.90 Å². The average molecular weight is 212 g/mol. The summed E-state index contributed by atoms with van der Waals surface area (Å²) in [5.74, 6) is 0. The Morgan fingerprint density at radius 1 is 1.13 bits per heavy atom. The number of H-pyrrole nitrogens is 3. The zero-order valence-corrected chi connectivity index (χ0v) is 7.03. The summed E-state index contributed by atoms with van der Waals surface area (Å²) in [7, 11) is 0. The molecule has 0 amide bonds. The first-order chi connectivity index (χ1) is 7.00. The first-order valence-corrected chi connectivity index (χ1v) is 3.71. The molecule has 0 unspecified atom stereocenters. The van der Waals surface area contributed by atoms with Crippen LogP contribution in [-0.4, -0.2) is 30.7 Å². The Balaban J connectivity index is 3.09. The van der Waals surface area contributed by atoms with E-state index in [0.29, 0.717) is 0 Å². The molecule has 0 spiro atoms. The Kier molecular flexibility index (Phi) is 1.62. The van der Waals surface area contributed by atoms with Crippen LogP contribution < -0.4 is 16.9 Å². The van der Waals surface area contributed by atoms with Gasteiger partial charge in [-0.3, -0.25) is 19.7 Å². The molecule has 2 heterocycles. The van der Waals surface area contributed by atoms with Gasteiger partial charge in [0, 0.05) is 0 Å². The maximum Gasteiger partial charge on any atom is 0.422 e. The fraction of sp³-hybridized carbons (Fsp3) is 0. The predicted octanol–water partition coefficient (Wildman–Crippen LogP) is -1.77. The predicted molar refractivity (Wildman–Crippen MR) is 47.2 cm³/mol. The third kappa shape index (κ3) is 1.17. The van der Waals surface area contributed by atoms with E-state index in [4.69, 9.17) is 5.11 Å². The number of carbonyl (C=O) groups is 1. The van der Waals surface area contributed by atoms with E-state index in [2.05, 4.69) is 9.97 Å². The summed E-state index contributed by atoms with van der Waals surface area (Å²) < 4.78 is -0.0356. The van der Waals surface area contributed by atoms with Gasteiger partial charge in [-0.1, -0.05) is 0 Å². The molecule has 0 atom stereocenters. The highest BCUT2D eigenvalue weighted by molar-refractivity contribution is 5.74. The van der Waals surface area contributed by atoms with Gasteiger partial charge in [0.1, 0.15) is 5.65 Å². The van der Waals surface area contributed by atoms with Crippen LogP contribution in [0.5, 0.6) is 0 Å². The number of imidazole rings is 1. The third-order valence-electron chi connectivity index (χ3n) is 1.77.